The van der Waals surface area contributed by atoms with Gasteiger partial charge in [-0.1, -0.05) is 29.8 Å². The maximum absolute atomic E-state index is 11.2. The molecule has 3 nitrogen and oxygen atoms in total. The summed E-state index contributed by atoms with van der Waals surface area (Å²) in [5, 5.41) is 9.23. The predicted molar refractivity (Wildman–Crippen MR) is 58.3 cm³/mol. The Labute approximate surface area is 94.0 Å². The largest absolute Gasteiger partial charge is 0.481 e. The van der Waals surface area contributed by atoms with E-state index in [1.807, 2.05) is 25.1 Å². The van der Waals surface area contributed by atoms with Crippen LogP contribution in [0.1, 0.15) is 17.5 Å². The highest BCUT2D eigenvalue weighted by atomic mass is 16.5. The number of hydrogen-bond donors (Lipinski definition) is 1. The van der Waals surface area contributed by atoms with Crippen LogP contribution >= 0.6 is 0 Å². The monoisotopic (exact) mass is 218 g/mol. The third-order valence-electron chi connectivity index (χ3n) is 3.95. The normalized spacial score (nSPS) is 35.8. The summed E-state index contributed by atoms with van der Waals surface area (Å²) in [5.41, 5.74) is 2.03. The number of carboxylic acid groups (broad SMARTS) is 1. The van der Waals surface area contributed by atoms with Gasteiger partial charge in [0.05, 0.1) is 18.6 Å². The number of ether oxygens (including phenoxy) is 1. The van der Waals surface area contributed by atoms with E-state index in [1.165, 1.54) is 5.56 Å². The van der Waals surface area contributed by atoms with Crippen molar-refractivity contribution < 1.29 is 14.6 Å². The summed E-state index contributed by atoms with van der Waals surface area (Å²) in [6.07, 6.45) is 0.783. The first-order valence-electron chi connectivity index (χ1n) is 5.55. The molecular weight excluding hydrogens is 204 g/mol. The molecular formula is C13H14O3. The molecule has 0 spiro atoms. The summed E-state index contributed by atoms with van der Waals surface area (Å²) in [5.74, 6) is -1.08. The van der Waals surface area contributed by atoms with Gasteiger partial charge in [0.25, 0.3) is 0 Å². The second-order valence-corrected chi connectivity index (χ2v) is 4.90. The fourth-order valence-corrected chi connectivity index (χ4v) is 3.09. The van der Waals surface area contributed by atoms with Crippen molar-refractivity contribution in [3.8, 4) is 0 Å². The van der Waals surface area contributed by atoms with Crippen molar-refractivity contribution in [3.05, 3.63) is 35.4 Å². The molecule has 16 heavy (non-hydrogen) atoms. The van der Waals surface area contributed by atoms with E-state index in [2.05, 4.69) is 6.07 Å². The van der Waals surface area contributed by atoms with Crippen LogP contribution in [-0.4, -0.2) is 23.8 Å². The van der Waals surface area contributed by atoms with Crippen molar-refractivity contribution in [2.24, 2.45) is 5.92 Å². The molecule has 2 saturated heterocycles. The predicted octanol–water partition coefficient (Wildman–Crippen LogP) is 1.74. The lowest BCUT2D eigenvalue weighted by atomic mass is 9.57. The van der Waals surface area contributed by atoms with Crippen LogP contribution in [0.2, 0.25) is 0 Å². The van der Waals surface area contributed by atoms with Crippen LogP contribution in [0, 0.1) is 12.8 Å². The molecule has 84 valence electrons. The summed E-state index contributed by atoms with van der Waals surface area (Å²) in [4.78, 5) is 11.2. The van der Waals surface area contributed by atoms with Crippen LogP contribution in [-0.2, 0) is 14.9 Å². The minimum absolute atomic E-state index is 0.0713. The number of aliphatic carboxylic acids is 1. The van der Waals surface area contributed by atoms with Gasteiger partial charge in [-0.3, -0.25) is 4.79 Å². The summed E-state index contributed by atoms with van der Waals surface area (Å²) in [6.45, 7) is 2.58. The van der Waals surface area contributed by atoms with Crippen molar-refractivity contribution in [3.63, 3.8) is 0 Å². The van der Waals surface area contributed by atoms with Gasteiger partial charge in [0.1, 0.15) is 0 Å². The van der Waals surface area contributed by atoms with Gasteiger partial charge in [-0.05, 0) is 18.9 Å². The van der Waals surface area contributed by atoms with Gasteiger partial charge in [-0.25, -0.2) is 0 Å². The van der Waals surface area contributed by atoms with Crippen LogP contribution in [0.15, 0.2) is 24.3 Å². The Morgan fingerprint density at radius 1 is 1.56 bits per heavy atom. The molecule has 0 amide bonds. The summed E-state index contributed by atoms with van der Waals surface area (Å²) in [6, 6.07) is 8.13. The molecule has 1 N–H and O–H groups in total. The van der Waals surface area contributed by atoms with Gasteiger partial charge in [-0.15, -0.1) is 0 Å². The zero-order chi connectivity index (χ0) is 11.3. The Morgan fingerprint density at radius 2 is 2.38 bits per heavy atom. The molecule has 2 bridgehead atoms. The van der Waals surface area contributed by atoms with Crippen molar-refractivity contribution in [1.82, 2.24) is 0 Å². The molecule has 3 aliphatic rings. The topological polar surface area (TPSA) is 46.5 Å². The molecule has 3 fully saturated rings. The van der Waals surface area contributed by atoms with E-state index in [0.29, 0.717) is 6.61 Å². The van der Waals surface area contributed by atoms with E-state index in [4.69, 9.17) is 4.74 Å². The minimum atomic E-state index is -0.727. The fraction of sp³-hybridized carbons (Fsp3) is 0.462. The Hall–Kier alpha value is -1.35. The highest BCUT2D eigenvalue weighted by molar-refractivity contribution is 5.76. The number of rotatable bonds is 2. The molecule has 1 saturated carbocycles. The maximum atomic E-state index is 11.2. The Bertz CT molecular complexity index is 450. The number of carbonyl (C=O) groups is 1. The highest BCUT2D eigenvalue weighted by Crippen LogP contribution is 2.56. The molecule has 2 heterocycles. The summed E-state index contributed by atoms with van der Waals surface area (Å²) < 4.78 is 5.52. The zero-order valence-corrected chi connectivity index (χ0v) is 9.14. The van der Waals surface area contributed by atoms with Crippen LogP contribution < -0.4 is 0 Å². The van der Waals surface area contributed by atoms with Crippen LogP contribution in [0.3, 0.4) is 0 Å². The SMILES string of the molecule is Cc1cccc([C@@]23CO[C@@H](C2)[C@@H]3C(=O)O)c1. The van der Waals surface area contributed by atoms with Crippen molar-refractivity contribution in [2.75, 3.05) is 6.61 Å². The van der Waals surface area contributed by atoms with Gasteiger partial charge < -0.3 is 9.84 Å². The number of benzene rings is 1. The molecule has 3 heteroatoms. The number of hydrogen-bond acceptors (Lipinski definition) is 2. The van der Waals surface area contributed by atoms with Crippen LogP contribution in [0.5, 0.6) is 0 Å². The average Bonchev–Trinajstić information content (AvgIpc) is 2.74. The van der Waals surface area contributed by atoms with Crippen molar-refractivity contribution in [1.29, 1.82) is 0 Å². The Balaban J connectivity index is 2.03. The molecule has 2 aliphatic heterocycles. The molecule has 0 unspecified atom stereocenters. The van der Waals surface area contributed by atoms with E-state index in [-0.39, 0.29) is 17.4 Å². The molecule has 0 aromatic heterocycles. The van der Waals surface area contributed by atoms with E-state index < -0.39 is 5.97 Å². The Morgan fingerprint density at radius 3 is 3.00 bits per heavy atom. The quantitative estimate of drug-likeness (QED) is 0.822. The second kappa shape index (κ2) is 3.08. The maximum Gasteiger partial charge on any atom is 0.310 e. The number of carboxylic acids is 1. The van der Waals surface area contributed by atoms with Gasteiger partial charge >= 0.3 is 5.97 Å². The molecule has 1 aromatic rings. The second-order valence-electron chi connectivity index (χ2n) is 4.90. The lowest BCUT2D eigenvalue weighted by molar-refractivity contribution is -0.150. The molecule has 0 radical (unpaired) electrons. The van der Waals surface area contributed by atoms with Gasteiger partial charge in [0, 0.05) is 5.41 Å². The molecule has 1 aliphatic carbocycles. The van der Waals surface area contributed by atoms with E-state index in [1.54, 1.807) is 0 Å². The summed E-state index contributed by atoms with van der Waals surface area (Å²) in [7, 11) is 0. The number of fused-ring (bicyclic) bond motifs is 1. The van der Waals surface area contributed by atoms with Gasteiger partial charge in [0.2, 0.25) is 0 Å². The lowest BCUT2D eigenvalue weighted by Crippen LogP contribution is -2.52. The molecule has 4 rings (SSSR count). The third kappa shape index (κ3) is 1.09. The smallest absolute Gasteiger partial charge is 0.310 e. The zero-order valence-electron chi connectivity index (χ0n) is 9.14. The van der Waals surface area contributed by atoms with Gasteiger partial charge in [-0.2, -0.15) is 0 Å². The van der Waals surface area contributed by atoms with Gasteiger partial charge in [0.15, 0.2) is 0 Å². The van der Waals surface area contributed by atoms with Crippen molar-refractivity contribution in [2.45, 2.75) is 24.9 Å². The minimum Gasteiger partial charge on any atom is -0.481 e. The molecule has 1 aromatic carbocycles. The third-order valence-corrected chi connectivity index (χ3v) is 3.95. The first kappa shape index (κ1) is 9.85. The molecule has 3 atom stereocenters. The first-order chi connectivity index (χ1) is 7.63. The fourth-order valence-electron chi connectivity index (χ4n) is 3.09. The highest BCUT2D eigenvalue weighted by Gasteiger charge is 2.64. The van der Waals surface area contributed by atoms with Crippen LogP contribution in [0.4, 0.5) is 0 Å². The summed E-state index contributed by atoms with van der Waals surface area (Å²) >= 11 is 0. The van der Waals surface area contributed by atoms with Crippen LogP contribution in [0.25, 0.3) is 0 Å². The van der Waals surface area contributed by atoms with E-state index in [9.17, 15) is 9.90 Å². The Kier molecular flexibility index (Phi) is 1.89. The first-order valence-corrected chi connectivity index (χ1v) is 5.55. The van der Waals surface area contributed by atoms with Crippen molar-refractivity contribution >= 4 is 5.97 Å². The van der Waals surface area contributed by atoms with E-state index >= 15 is 0 Å². The van der Waals surface area contributed by atoms with E-state index in [0.717, 1.165) is 12.0 Å². The number of aryl methyl sites for hydroxylation is 1. The average molecular weight is 218 g/mol. The lowest BCUT2D eigenvalue weighted by Gasteiger charge is -2.42. The standard InChI is InChI=1S/C13H14O3/c1-8-3-2-4-9(5-8)13-6-10(16-7-13)11(13)12(14)15/h2-5,10-11H,6-7H2,1H3,(H,14,15)/t10-,11+,13-/m0/s1.